The number of hydrogen-bond donors (Lipinski definition) is 0. The van der Waals surface area contributed by atoms with E-state index in [0.29, 0.717) is 0 Å². The van der Waals surface area contributed by atoms with Gasteiger partial charge in [0.25, 0.3) is 5.91 Å². The minimum atomic E-state index is 0.101. The smallest absolute Gasteiger partial charge is 0.251 e. The summed E-state index contributed by atoms with van der Waals surface area (Å²) in [4.78, 5) is 13.3. The summed E-state index contributed by atoms with van der Waals surface area (Å²) in [6.07, 6.45) is 19.0. The van der Waals surface area contributed by atoms with Crippen molar-refractivity contribution in [2.75, 3.05) is 6.54 Å². The van der Waals surface area contributed by atoms with Gasteiger partial charge in [-0.1, -0.05) is 44.4 Å². The molecule has 1 saturated carbocycles. The molecule has 2 aliphatic carbocycles. The molecule has 0 aromatic rings. The average Bonchev–Trinajstić information content (AvgIpc) is 3.16. The van der Waals surface area contributed by atoms with Crippen LogP contribution in [0.3, 0.4) is 0 Å². The molecule has 2 nitrogen and oxygen atoms in total. The zero-order chi connectivity index (χ0) is 14.7. The van der Waals surface area contributed by atoms with Crippen molar-refractivity contribution in [3.05, 3.63) is 36.6 Å². The summed E-state index contributed by atoms with van der Waals surface area (Å²) in [5.41, 5.74) is 0.851. The molecule has 1 aliphatic heterocycles. The third kappa shape index (κ3) is 3.48. The Morgan fingerprint density at radius 3 is 2.52 bits per heavy atom. The van der Waals surface area contributed by atoms with Gasteiger partial charge in [0, 0.05) is 18.3 Å². The summed E-state index contributed by atoms with van der Waals surface area (Å²) < 4.78 is 0. The second-order valence-electron chi connectivity index (χ2n) is 6.91. The van der Waals surface area contributed by atoms with Gasteiger partial charge in [-0.25, -0.2) is 0 Å². The van der Waals surface area contributed by atoms with Gasteiger partial charge >= 0.3 is 0 Å². The van der Waals surface area contributed by atoms with Gasteiger partial charge in [0.2, 0.25) is 0 Å². The van der Waals surface area contributed by atoms with Crippen LogP contribution < -0.4 is 0 Å². The highest BCUT2D eigenvalue weighted by Gasteiger charge is 2.34. The Morgan fingerprint density at radius 1 is 1.05 bits per heavy atom. The summed E-state index contributed by atoms with van der Waals surface area (Å²) in [5, 5.41) is 0. The Labute approximate surface area is 128 Å². The van der Waals surface area contributed by atoms with E-state index in [9.17, 15) is 4.79 Å². The molecule has 2 bridgehead atoms. The number of carbonyl (C=O) groups is 1. The topological polar surface area (TPSA) is 20.3 Å². The molecule has 0 radical (unpaired) electrons. The number of carbonyl (C=O) groups excluding carboxylic acids is 1. The van der Waals surface area contributed by atoms with Crippen LogP contribution in [0.4, 0.5) is 0 Å². The van der Waals surface area contributed by atoms with Crippen molar-refractivity contribution in [1.82, 2.24) is 4.90 Å². The lowest BCUT2D eigenvalue weighted by atomic mass is 9.88. The van der Waals surface area contributed by atoms with Gasteiger partial charge in [0.15, 0.2) is 0 Å². The van der Waals surface area contributed by atoms with Crippen molar-refractivity contribution in [3.63, 3.8) is 0 Å². The molecule has 1 heterocycles. The van der Waals surface area contributed by atoms with Crippen LogP contribution in [0.25, 0.3) is 0 Å². The summed E-state index contributed by atoms with van der Waals surface area (Å²) in [6, 6.07) is 0. The third-order valence-electron chi connectivity index (χ3n) is 5.40. The molecule has 0 N–H and O–H groups in total. The summed E-state index contributed by atoms with van der Waals surface area (Å²) >= 11 is 0. The van der Waals surface area contributed by atoms with Crippen LogP contribution >= 0.6 is 0 Å². The maximum absolute atomic E-state index is 11.5. The lowest BCUT2D eigenvalue weighted by molar-refractivity contribution is -0.123. The maximum atomic E-state index is 11.5. The number of hydrogen-bond acceptors (Lipinski definition) is 1. The largest absolute Gasteiger partial charge is 0.309 e. The highest BCUT2D eigenvalue weighted by molar-refractivity contribution is 5.92. The fourth-order valence-electron chi connectivity index (χ4n) is 4.18. The first-order valence-corrected chi connectivity index (χ1v) is 8.61. The predicted molar refractivity (Wildman–Crippen MR) is 86.5 cm³/mol. The first kappa shape index (κ1) is 14.6. The quantitative estimate of drug-likeness (QED) is 0.476. The van der Waals surface area contributed by atoms with Gasteiger partial charge in [-0.05, 0) is 49.5 Å². The van der Waals surface area contributed by atoms with Gasteiger partial charge in [-0.15, -0.1) is 0 Å². The Hall–Kier alpha value is -1.31. The van der Waals surface area contributed by atoms with E-state index in [1.165, 1.54) is 44.9 Å². The number of fused-ring (bicyclic) bond motifs is 2. The van der Waals surface area contributed by atoms with Crippen LogP contribution in [0.2, 0.25) is 0 Å². The molecule has 0 spiro atoms. The van der Waals surface area contributed by atoms with Gasteiger partial charge in [-0.3, -0.25) is 4.79 Å². The summed E-state index contributed by atoms with van der Waals surface area (Å²) in [7, 11) is 0. The molecule has 1 fully saturated rings. The Kier molecular flexibility index (Phi) is 4.62. The highest BCUT2D eigenvalue weighted by atomic mass is 16.2. The molecule has 114 valence electrons. The van der Waals surface area contributed by atoms with E-state index in [2.05, 4.69) is 18.7 Å². The van der Waals surface area contributed by atoms with Crippen molar-refractivity contribution >= 4 is 5.91 Å². The third-order valence-corrected chi connectivity index (χ3v) is 5.40. The monoisotopic (exact) mass is 285 g/mol. The molecule has 2 heteroatoms. The molecular formula is C19H27NO. The number of allylic oxidation sites excluding steroid dienone is 3. The van der Waals surface area contributed by atoms with Crippen molar-refractivity contribution in [1.29, 1.82) is 0 Å². The normalized spacial score (nSPS) is 30.1. The molecule has 3 aliphatic rings. The van der Waals surface area contributed by atoms with E-state index in [4.69, 9.17) is 0 Å². The molecule has 0 saturated heterocycles. The standard InChI is InChI=1S/C19H27NO/c1-15-8-11-19(21)20(15)12-6-4-2-3-5-7-17-13-16-9-10-18(17)14-16/h8-11,16-18H,1-7,12-14H2. The van der Waals surface area contributed by atoms with Crippen LogP contribution in [-0.2, 0) is 4.79 Å². The number of unbranched alkanes of at least 4 members (excludes halogenated alkanes) is 4. The second kappa shape index (κ2) is 6.64. The lowest BCUT2D eigenvalue weighted by Crippen LogP contribution is -2.24. The molecule has 3 unspecified atom stereocenters. The number of nitrogens with zero attached hydrogens (tertiary/aromatic N) is 1. The minimum absolute atomic E-state index is 0.101. The van der Waals surface area contributed by atoms with Crippen LogP contribution in [0.1, 0.15) is 51.4 Å². The van der Waals surface area contributed by atoms with E-state index >= 15 is 0 Å². The SMILES string of the molecule is C=C1C=CC(=O)N1CCCCCCCC1CC2C=CC1C2. The average molecular weight is 285 g/mol. The Bertz CT molecular complexity index is 444. The highest BCUT2D eigenvalue weighted by Crippen LogP contribution is 2.45. The van der Waals surface area contributed by atoms with E-state index in [1.807, 2.05) is 6.08 Å². The molecule has 21 heavy (non-hydrogen) atoms. The van der Waals surface area contributed by atoms with Gasteiger partial charge in [0.1, 0.15) is 0 Å². The molecule has 3 rings (SSSR count). The van der Waals surface area contributed by atoms with Crippen LogP contribution in [0, 0.1) is 17.8 Å². The number of rotatable bonds is 8. The predicted octanol–water partition coefficient (Wildman–Crippen LogP) is 4.45. The first-order chi connectivity index (χ1) is 10.2. The molecule has 1 amide bonds. The van der Waals surface area contributed by atoms with Crippen molar-refractivity contribution in [2.45, 2.75) is 51.4 Å². The van der Waals surface area contributed by atoms with Gasteiger partial charge < -0.3 is 4.90 Å². The van der Waals surface area contributed by atoms with Crippen molar-refractivity contribution < 1.29 is 4.79 Å². The zero-order valence-corrected chi connectivity index (χ0v) is 13.0. The summed E-state index contributed by atoms with van der Waals surface area (Å²) in [5.74, 6) is 2.91. The van der Waals surface area contributed by atoms with Crippen molar-refractivity contribution in [2.24, 2.45) is 17.8 Å². The Balaban J connectivity index is 1.21. The van der Waals surface area contributed by atoms with Crippen LogP contribution in [-0.4, -0.2) is 17.4 Å². The van der Waals surface area contributed by atoms with E-state index < -0.39 is 0 Å². The van der Waals surface area contributed by atoms with E-state index in [-0.39, 0.29) is 5.91 Å². The summed E-state index contributed by atoms with van der Waals surface area (Å²) in [6.45, 7) is 4.73. The van der Waals surface area contributed by atoms with E-state index in [1.54, 1.807) is 11.0 Å². The molecular weight excluding hydrogens is 258 g/mol. The molecule has 0 aromatic carbocycles. The first-order valence-electron chi connectivity index (χ1n) is 8.61. The zero-order valence-electron chi connectivity index (χ0n) is 13.0. The Morgan fingerprint density at radius 2 is 1.86 bits per heavy atom. The fourth-order valence-corrected chi connectivity index (χ4v) is 4.18. The van der Waals surface area contributed by atoms with Crippen LogP contribution in [0.5, 0.6) is 0 Å². The van der Waals surface area contributed by atoms with Crippen molar-refractivity contribution in [3.8, 4) is 0 Å². The van der Waals surface area contributed by atoms with E-state index in [0.717, 1.165) is 36.4 Å². The maximum Gasteiger partial charge on any atom is 0.251 e. The number of amides is 1. The van der Waals surface area contributed by atoms with Gasteiger partial charge in [-0.2, -0.15) is 0 Å². The lowest BCUT2D eigenvalue weighted by Gasteiger charge is -2.18. The molecule has 0 aromatic heterocycles. The fraction of sp³-hybridized carbons (Fsp3) is 0.632. The minimum Gasteiger partial charge on any atom is -0.309 e. The molecule has 3 atom stereocenters. The van der Waals surface area contributed by atoms with Gasteiger partial charge in [0.05, 0.1) is 0 Å². The van der Waals surface area contributed by atoms with Crippen LogP contribution in [0.15, 0.2) is 36.6 Å². The second-order valence-corrected chi connectivity index (χ2v) is 6.91.